The third-order valence-corrected chi connectivity index (χ3v) is 5.72. The van der Waals surface area contributed by atoms with Gasteiger partial charge in [-0.1, -0.05) is 32.0 Å². The summed E-state index contributed by atoms with van der Waals surface area (Å²) in [6, 6.07) is 7.83. The van der Waals surface area contributed by atoms with Gasteiger partial charge in [-0.3, -0.25) is 9.59 Å². The lowest BCUT2D eigenvalue weighted by molar-refractivity contribution is -0.148. The van der Waals surface area contributed by atoms with Gasteiger partial charge in [0, 0.05) is 5.56 Å². The zero-order chi connectivity index (χ0) is 20.4. The highest BCUT2D eigenvalue weighted by molar-refractivity contribution is 8.21. The molecule has 8 heteroatoms. The van der Waals surface area contributed by atoms with Crippen LogP contribution in [-0.2, 0) is 14.3 Å². The Bertz CT molecular complexity index is 684. The molecule has 0 saturated heterocycles. The molecule has 0 aliphatic carbocycles. The highest BCUT2D eigenvalue weighted by atomic mass is 32.2. The lowest BCUT2D eigenvalue weighted by atomic mass is 10.0. The minimum atomic E-state index is -0.800. The van der Waals surface area contributed by atoms with E-state index in [2.05, 4.69) is 10.6 Å². The lowest BCUT2D eigenvalue weighted by Crippen LogP contribution is -2.48. The predicted molar refractivity (Wildman–Crippen MR) is 111 cm³/mol. The molecular weight excluding hydrogens is 384 g/mol. The van der Waals surface area contributed by atoms with Crippen molar-refractivity contribution in [3.8, 4) is 0 Å². The number of carbonyl (C=O) groups is 3. The third-order valence-electron chi connectivity index (χ3n) is 3.57. The van der Waals surface area contributed by atoms with Gasteiger partial charge in [0.15, 0.2) is 0 Å². The van der Waals surface area contributed by atoms with Gasteiger partial charge < -0.3 is 15.4 Å². The van der Waals surface area contributed by atoms with Crippen LogP contribution in [0, 0.1) is 5.92 Å². The Hall–Kier alpha value is -1.93. The number of amides is 2. The van der Waals surface area contributed by atoms with Crippen molar-refractivity contribution in [2.24, 2.45) is 5.92 Å². The predicted octanol–water partition coefficient (Wildman–Crippen LogP) is 3.02. The number of esters is 1. The number of hydrogen-bond donors (Lipinski definition) is 2. The number of nitrogens with one attached hydrogen (secondary N) is 2. The molecule has 6 nitrogen and oxygen atoms in total. The van der Waals surface area contributed by atoms with E-state index in [-0.39, 0.29) is 18.2 Å². The highest BCUT2D eigenvalue weighted by Crippen LogP contribution is 2.27. The van der Waals surface area contributed by atoms with Crippen LogP contribution in [0.4, 0.5) is 0 Å². The zero-order valence-corrected chi connectivity index (χ0v) is 17.8. The third kappa shape index (κ3) is 6.95. The molecule has 0 aromatic heterocycles. The first-order valence-corrected chi connectivity index (χ1v) is 11.0. The van der Waals surface area contributed by atoms with Crippen LogP contribution in [0.5, 0.6) is 0 Å². The first-order valence-electron chi connectivity index (χ1n) is 8.51. The summed E-state index contributed by atoms with van der Waals surface area (Å²) < 4.78 is 5.68. The zero-order valence-electron chi connectivity index (χ0n) is 16.2. The Labute approximate surface area is 168 Å². The summed E-state index contributed by atoms with van der Waals surface area (Å²) >= 11 is 2.70. The van der Waals surface area contributed by atoms with Crippen molar-refractivity contribution in [3.63, 3.8) is 0 Å². The summed E-state index contributed by atoms with van der Waals surface area (Å²) in [5.74, 6) is -1.57. The summed E-state index contributed by atoms with van der Waals surface area (Å²) in [6.45, 7) is 5.57. The van der Waals surface area contributed by atoms with Crippen LogP contribution < -0.4 is 10.6 Å². The minimum absolute atomic E-state index is 0.124. The SMILES string of the molecule is CCOC(=O)[C@@H](NC(=O)C(NC(=O)c1ccccc1)=C(SC)SC)C(C)C. The molecule has 1 rings (SSSR count). The van der Waals surface area contributed by atoms with Gasteiger partial charge in [0.1, 0.15) is 11.7 Å². The number of hydrogen-bond acceptors (Lipinski definition) is 6. The van der Waals surface area contributed by atoms with Crippen molar-refractivity contribution >= 4 is 41.3 Å². The fraction of sp³-hybridized carbons (Fsp3) is 0.421. The summed E-state index contributed by atoms with van der Waals surface area (Å²) in [7, 11) is 0. The first-order chi connectivity index (χ1) is 12.8. The Morgan fingerprint density at radius 3 is 2.15 bits per heavy atom. The number of rotatable bonds is 9. The topological polar surface area (TPSA) is 84.5 Å². The second-order valence-corrected chi connectivity index (χ2v) is 7.73. The first kappa shape index (κ1) is 23.1. The minimum Gasteiger partial charge on any atom is -0.464 e. The van der Waals surface area contributed by atoms with E-state index >= 15 is 0 Å². The molecule has 1 aromatic carbocycles. The van der Waals surface area contributed by atoms with Crippen molar-refractivity contribution < 1.29 is 19.1 Å². The Balaban J connectivity index is 3.09. The molecule has 0 bridgehead atoms. The molecule has 0 saturated carbocycles. The lowest BCUT2D eigenvalue weighted by Gasteiger charge is -2.22. The molecule has 27 heavy (non-hydrogen) atoms. The van der Waals surface area contributed by atoms with E-state index in [1.54, 1.807) is 31.2 Å². The van der Waals surface area contributed by atoms with Crippen LogP contribution in [0.15, 0.2) is 40.3 Å². The van der Waals surface area contributed by atoms with Gasteiger partial charge in [0.2, 0.25) is 0 Å². The van der Waals surface area contributed by atoms with Crippen molar-refractivity contribution in [2.45, 2.75) is 26.8 Å². The largest absolute Gasteiger partial charge is 0.464 e. The average Bonchev–Trinajstić information content (AvgIpc) is 2.66. The quantitative estimate of drug-likeness (QED) is 0.481. The van der Waals surface area contributed by atoms with E-state index < -0.39 is 23.8 Å². The molecule has 0 radical (unpaired) electrons. The number of benzene rings is 1. The van der Waals surface area contributed by atoms with E-state index in [0.29, 0.717) is 9.80 Å². The van der Waals surface area contributed by atoms with Gasteiger partial charge in [-0.15, -0.1) is 23.5 Å². The van der Waals surface area contributed by atoms with Crippen LogP contribution >= 0.6 is 23.5 Å². The van der Waals surface area contributed by atoms with Crippen molar-refractivity contribution in [1.82, 2.24) is 10.6 Å². The van der Waals surface area contributed by atoms with Gasteiger partial charge >= 0.3 is 5.97 Å². The molecule has 2 N–H and O–H groups in total. The van der Waals surface area contributed by atoms with Gasteiger partial charge in [-0.25, -0.2) is 4.79 Å². The average molecular weight is 411 g/mol. The number of carbonyl (C=O) groups excluding carboxylic acids is 3. The fourth-order valence-electron chi connectivity index (χ4n) is 2.21. The Morgan fingerprint density at radius 2 is 1.67 bits per heavy atom. The van der Waals surface area contributed by atoms with Crippen molar-refractivity contribution in [1.29, 1.82) is 0 Å². The van der Waals surface area contributed by atoms with Crippen LogP contribution in [-0.4, -0.2) is 42.9 Å². The molecule has 0 unspecified atom stereocenters. The Kier molecular flexibility index (Phi) is 10.0. The summed E-state index contributed by atoms with van der Waals surface area (Å²) in [5, 5.41) is 5.38. The van der Waals surface area contributed by atoms with E-state index in [1.807, 2.05) is 32.4 Å². The standard InChI is InChI=1S/C19H26N2O4S2/c1-6-25-18(24)14(12(2)3)20-17(23)15(19(26-4)27-5)21-16(22)13-10-8-7-9-11-13/h7-12,14H,6H2,1-5H3,(H,20,23)(H,21,22)/t14-/m0/s1. The van der Waals surface area contributed by atoms with E-state index in [0.717, 1.165) is 0 Å². The second kappa shape index (κ2) is 11.7. The van der Waals surface area contributed by atoms with Crippen LogP contribution in [0.1, 0.15) is 31.1 Å². The summed E-state index contributed by atoms with van der Waals surface area (Å²) in [5.41, 5.74) is 0.564. The van der Waals surface area contributed by atoms with Gasteiger partial charge in [-0.2, -0.15) is 0 Å². The molecular formula is C19H26N2O4S2. The van der Waals surface area contributed by atoms with Crippen molar-refractivity contribution in [2.75, 3.05) is 19.1 Å². The number of thioether (sulfide) groups is 2. The smallest absolute Gasteiger partial charge is 0.328 e. The molecule has 0 fully saturated rings. The van der Waals surface area contributed by atoms with Crippen LogP contribution in [0.3, 0.4) is 0 Å². The molecule has 0 spiro atoms. The van der Waals surface area contributed by atoms with E-state index in [1.165, 1.54) is 23.5 Å². The fourth-order valence-corrected chi connectivity index (χ4v) is 3.57. The van der Waals surface area contributed by atoms with E-state index in [9.17, 15) is 14.4 Å². The van der Waals surface area contributed by atoms with Crippen molar-refractivity contribution in [3.05, 3.63) is 45.8 Å². The summed E-state index contributed by atoms with van der Waals surface area (Å²) in [4.78, 5) is 37.5. The molecule has 1 aromatic rings. The van der Waals surface area contributed by atoms with Gasteiger partial charge in [0.25, 0.3) is 11.8 Å². The van der Waals surface area contributed by atoms with Crippen LogP contribution in [0.2, 0.25) is 0 Å². The van der Waals surface area contributed by atoms with E-state index in [4.69, 9.17) is 4.74 Å². The normalized spacial score (nSPS) is 11.5. The maximum Gasteiger partial charge on any atom is 0.328 e. The van der Waals surface area contributed by atoms with Gasteiger partial charge in [0.05, 0.1) is 10.8 Å². The maximum absolute atomic E-state index is 12.9. The highest BCUT2D eigenvalue weighted by Gasteiger charge is 2.28. The molecule has 1 atom stereocenters. The Morgan fingerprint density at radius 1 is 1.07 bits per heavy atom. The molecule has 148 valence electrons. The van der Waals surface area contributed by atoms with Crippen LogP contribution in [0.25, 0.3) is 0 Å². The molecule has 0 heterocycles. The molecule has 0 aliphatic heterocycles. The summed E-state index contributed by atoms with van der Waals surface area (Å²) in [6.07, 6.45) is 3.64. The second-order valence-electron chi connectivity index (χ2n) is 5.84. The number of ether oxygens (including phenoxy) is 1. The monoisotopic (exact) mass is 410 g/mol. The molecule has 2 amide bonds. The maximum atomic E-state index is 12.9. The van der Waals surface area contributed by atoms with Gasteiger partial charge in [-0.05, 0) is 37.5 Å². The molecule has 0 aliphatic rings.